The molecule has 0 fully saturated rings. The maximum Gasteiger partial charge on any atom is 0.257 e. The molecule has 0 unspecified atom stereocenters. The number of benzene rings is 2. The van der Waals surface area contributed by atoms with Crippen LogP contribution in [0.5, 0.6) is 5.75 Å². The molecule has 0 heterocycles. The summed E-state index contributed by atoms with van der Waals surface area (Å²) in [6.45, 7) is 0. The van der Waals surface area contributed by atoms with Crippen molar-refractivity contribution in [2.45, 2.75) is 4.90 Å². The van der Waals surface area contributed by atoms with E-state index in [4.69, 9.17) is 27.9 Å². The molecule has 2 aromatic rings. The van der Waals surface area contributed by atoms with Gasteiger partial charge in [0.2, 0.25) is 0 Å². The van der Waals surface area contributed by atoms with Crippen molar-refractivity contribution in [3.8, 4) is 5.75 Å². The third-order valence-corrected chi connectivity index (χ3v) is 4.12. The molecule has 0 radical (unpaired) electrons. The number of carbonyl (C=O) groups is 1. The molecule has 0 saturated carbocycles. The molecule has 0 atom stereocenters. The lowest BCUT2D eigenvalue weighted by Gasteiger charge is -2.12. The maximum atomic E-state index is 12.4. The highest BCUT2D eigenvalue weighted by Crippen LogP contribution is 2.29. The Hall–Kier alpha value is -1.36. The topological polar surface area (TPSA) is 38.3 Å². The molecule has 2 aromatic carbocycles. The second-order valence-electron chi connectivity index (χ2n) is 4.14. The molecule has 3 nitrogen and oxygen atoms in total. The summed E-state index contributed by atoms with van der Waals surface area (Å²) in [7, 11) is 1.53. The summed E-state index contributed by atoms with van der Waals surface area (Å²) in [5, 5.41) is 3.67. The van der Waals surface area contributed by atoms with Crippen LogP contribution < -0.4 is 10.1 Å². The van der Waals surface area contributed by atoms with Crippen LogP contribution in [0.4, 0.5) is 5.69 Å². The third-order valence-electron chi connectivity index (χ3n) is 2.83. The number of hydrogen-bond donors (Lipinski definition) is 1. The third kappa shape index (κ3) is 3.84. The number of anilines is 1. The van der Waals surface area contributed by atoms with Gasteiger partial charge in [0.1, 0.15) is 5.75 Å². The first-order chi connectivity index (χ1) is 10.0. The Morgan fingerprint density at radius 1 is 1.19 bits per heavy atom. The summed E-state index contributed by atoms with van der Waals surface area (Å²) in [6, 6.07) is 10.3. The molecule has 6 heteroatoms. The Kier molecular flexibility index (Phi) is 5.39. The molecule has 0 saturated heterocycles. The largest absolute Gasteiger partial charge is 0.495 e. The van der Waals surface area contributed by atoms with Gasteiger partial charge < -0.3 is 10.1 Å². The zero-order valence-electron chi connectivity index (χ0n) is 11.4. The number of halogens is 2. The summed E-state index contributed by atoms with van der Waals surface area (Å²) in [5.74, 6) is 0.223. The van der Waals surface area contributed by atoms with Crippen molar-refractivity contribution in [3.63, 3.8) is 0 Å². The number of hydrogen-bond acceptors (Lipinski definition) is 3. The van der Waals surface area contributed by atoms with Crippen LogP contribution in [-0.4, -0.2) is 19.3 Å². The van der Waals surface area contributed by atoms with Gasteiger partial charge in [0, 0.05) is 9.92 Å². The number of ether oxygens (including phenoxy) is 1. The van der Waals surface area contributed by atoms with E-state index in [1.165, 1.54) is 7.11 Å². The molecular weight excluding hydrogens is 329 g/mol. The molecule has 0 aliphatic carbocycles. The summed E-state index contributed by atoms with van der Waals surface area (Å²) >= 11 is 13.6. The molecule has 0 bridgehead atoms. The fourth-order valence-electron chi connectivity index (χ4n) is 1.77. The lowest BCUT2D eigenvalue weighted by atomic mass is 10.2. The van der Waals surface area contributed by atoms with Crippen molar-refractivity contribution in [2.75, 3.05) is 18.7 Å². The summed E-state index contributed by atoms with van der Waals surface area (Å²) in [5.41, 5.74) is 0.908. The average molecular weight is 342 g/mol. The van der Waals surface area contributed by atoms with Gasteiger partial charge in [0.15, 0.2) is 0 Å². The van der Waals surface area contributed by atoms with Crippen LogP contribution in [0.3, 0.4) is 0 Å². The number of amides is 1. The first-order valence-electron chi connectivity index (χ1n) is 6.03. The van der Waals surface area contributed by atoms with E-state index in [1.807, 2.05) is 12.3 Å². The SMILES string of the molecule is COc1ccc(Cl)cc1NC(=O)c1cc(SC)ccc1Cl. The van der Waals surface area contributed by atoms with Crippen LogP contribution in [-0.2, 0) is 0 Å². The number of rotatable bonds is 4. The second-order valence-corrected chi connectivity index (χ2v) is 5.87. The Balaban J connectivity index is 2.32. The number of carbonyl (C=O) groups excluding carboxylic acids is 1. The molecular formula is C15H13Cl2NO2S. The van der Waals surface area contributed by atoms with E-state index < -0.39 is 0 Å². The second kappa shape index (κ2) is 7.07. The van der Waals surface area contributed by atoms with Gasteiger partial charge in [-0.2, -0.15) is 0 Å². The Morgan fingerprint density at radius 3 is 2.62 bits per heavy atom. The quantitative estimate of drug-likeness (QED) is 0.797. The van der Waals surface area contributed by atoms with Crippen molar-refractivity contribution in [3.05, 3.63) is 52.0 Å². The van der Waals surface area contributed by atoms with E-state index in [9.17, 15) is 4.79 Å². The molecule has 0 aliphatic rings. The van der Waals surface area contributed by atoms with Gasteiger partial charge in [-0.1, -0.05) is 23.2 Å². The van der Waals surface area contributed by atoms with Crippen molar-refractivity contribution in [1.82, 2.24) is 0 Å². The van der Waals surface area contributed by atoms with Gasteiger partial charge in [0.25, 0.3) is 5.91 Å². The van der Waals surface area contributed by atoms with Crippen molar-refractivity contribution < 1.29 is 9.53 Å². The van der Waals surface area contributed by atoms with Gasteiger partial charge in [-0.25, -0.2) is 0 Å². The maximum absolute atomic E-state index is 12.4. The lowest BCUT2D eigenvalue weighted by Crippen LogP contribution is -2.13. The first-order valence-corrected chi connectivity index (χ1v) is 8.01. The van der Waals surface area contributed by atoms with Gasteiger partial charge in [-0.15, -0.1) is 11.8 Å². The number of thioether (sulfide) groups is 1. The number of nitrogens with one attached hydrogen (secondary N) is 1. The zero-order chi connectivity index (χ0) is 15.4. The average Bonchev–Trinajstić information content (AvgIpc) is 2.48. The minimum atomic E-state index is -0.309. The fraction of sp³-hybridized carbons (Fsp3) is 0.133. The van der Waals surface area contributed by atoms with Crippen molar-refractivity contribution in [2.24, 2.45) is 0 Å². The highest BCUT2D eigenvalue weighted by atomic mass is 35.5. The normalized spacial score (nSPS) is 10.3. The van der Waals surface area contributed by atoms with E-state index in [2.05, 4.69) is 5.32 Å². The lowest BCUT2D eigenvalue weighted by molar-refractivity contribution is 0.102. The molecule has 0 aliphatic heterocycles. The van der Waals surface area contributed by atoms with Crippen molar-refractivity contribution in [1.29, 1.82) is 0 Å². The van der Waals surface area contributed by atoms with Crippen LogP contribution >= 0.6 is 35.0 Å². The summed E-state index contributed by atoms with van der Waals surface area (Å²) in [4.78, 5) is 13.3. The Bertz CT molecular complexity index is 677. The van der Waals surface area contributed by atoms with Crippen LogP contribution in [0.15, 0.2) is 41.3 Å². The van der Waals surface area contributed by atoms with Gasteiger partial charge in [-0.05, 0) is 42.7 Å². The van der Waals surface area contributed by atoms with Crippen LogP contribution in [0, 0.1) is 0 Å². The Morgan fingerprint density at radius 2 is 1.95 bits per heavy atom. The summed E-state index contributed by atoms with van der Waals surface area (Å²) in [6.07, 6.45) is 1.94. The van der Waals surface area contributed by atoms with Crippen LogP contribution in [0.25, 0.3) is 0 Å². The molecule has 21 heavy (non-hydrogen) atoms. The molecule has 1 N–H and O–H groups in total. The molecule has 2 rings (SSSR count). The standard InChI is InChI=1S/C15H13Cl2NO2S/c1-20-14-6-3-9(16)7-13(14)18-15(19)11-8-10(21-2)4-5-12(11)17/h3-8H,1-2H3,(H,18,19). The first kappa shape index (κ1) is 16.0. The van der Waals surface area contributed by atoms with E-state index in [0.717, 1.165) is 4.90 Å². The molecule has 1 amide bonds. The van der Waals surface area contributed by atoms with Crippen LogP contribution in [0.2, 0.25) is 10.0 Å². The smallest absolute Gasteiger partial charge is 0.257 e. The fourth-order valence-corrected chi connectivity index (χ4v) is 2.59. The van der Waals surface area contributed by atoms with Crippen LogP contribution in [0.1, 0.15) is 10.4 Å². The minimum Gasteiger partial charge on any atom is -0.495 e. The molecule has 0 spiro atoms. The highest BCUT2D eigenvalue weighted by Gasteiger charge is 2.14. The van der Waals surface area contributed by atoms with E-state index in [-0.39, 0.29) is 5.91 Å². The molecule has 110 valence electrons. The van der Waals surface area contributed by atoms with E-state index in [0.29, 0.717) is 27.0 Å². The number of methoxy groups -OCH3 is 1. The minimum absolute atomic E-state index is 0.309. The van der Waals surface area contributed by atoms with E-state index >= 15 is 0 Å². The molecule has 0 aromatic heterocycles. The predicted molar refractivity (Wildman–Crippen MR) is 89.2 cm³/mol. The highest BCUT2D eigenvalue weighted by molar-refractivity contribution is 7.98. The zero-order valence-corrected chi connectivity index (χ0v) is 13.8. The van der Waals surface area contributed by atoms with Crippen molar-refractivity contribution >= 4 is 46.6 Å². The van der Waals surface area contributed by atoms with E-state index in [1.54, 1.807) is 42.1 Å². The van der Waals surface area contributed by atoms with Gasteiger partial charge in [-0.3, -0.25) is 4.79 Å². The monoisotopic (exact) mass is 341 g/mol. The predicted octanol–water partition coefficient (Wildman–Crippen LogP) is 4.98. The van der Waals surface area contributed by atoms with Gasteiger partial charge in [0.05, 0.1) is 23.4 Å². The summed E-state index contributed by atoms with van der Waals surface area (Å²) < 4.78 is 5.20. The Labute approximate surface area is 137 Å². The van der Waals surface area contributed by atoms with Gasteiger partial charge >= 0.3 is 0 Å².